The maximum absolute atomic E-state index is 9.04. The summed E-state index contributed by atoms with van der Waals surface area (Å²) in [5, 5.41) is 5.35. The van der Waals surface area contributed by atoms with Crippen LogP contribution in [0.2, 0.25) is 0 Å². The van der Waals surface area contributed by atoms with E-state index in [2.05, 4.69) is 72.8 Å². The number of hydrogen-bond acceptors (Lipinski definition) is 4. The van der Waals surface area contributed by atoms with Crippen molar-refractivity contribution in [3.8, 4) is 44.3 Å². The first kappa shape index (κ1) is 20.3. The molecule has 9 rings (SSSR count). The summed E-state index contributed by atoms with van der Waals surface area (Å²) >= 11 is 1.48. The summed E-state index contributed by atoms with van der Waals surface area (Å²) in [5.41, 5.74) is 4.80. The van der Waals surface area contributed by atoms with E-state index < -0.39 is 12.1 Å². The summed E-state index contributed by atoms with van der Waals surface area (Å²) in [5.74, 6) is 0.615. The lowest BCUT2D eigenvalue weighted by molar-refractivity contribution is 0.632. The van der Waals surface area contributed by atoms with Crippen molar-refractivity contribution < 1.29 is 11.3 Å². The molecule has 0 atom stereocenters. The van der Waals surface area contributed by atoms with E-state index >= 15 is 0 Å². The third-order valence-corrected chi connectivity index (χ3v) is 9.22. The maximum Gasteiger partial charge on any atom is 0.170 e. The van der Waals surface area contributed by atoms with Crippen LogP contribution in [0.15, 0.2) is 150 Å². The van der Waals surface area contributed by atoms with Gasteiger partial charge in [-0.15, -0.1) is 11.3 Å². The first-order valence-corrected chi connectivity index (χ1v) is 15.1. The van der Waals surface area contributed by atoms with E-state index in [9.17, 15) is 0 Å². The Bertz CT molecular complexity index is 2720. The van der Waals surface area contributed by atoms with Crippen molar-refractivity contribution in [2.24, 2.45) is 0 Å². The van der Waals surface area contributed by atoms with E-state index in [1.54, 1.807) is 0 Å². The summed E-state index contributed by atoms with van der Waals surface area (Å²) < 4.78 is 49.3. The molecule has 3 heterocycles. The Morgan fingerprint density at radius 1 is 0.568 bits per heavy atom. The van der Waals surface area contributed by atoms with Gasteiger partial charge in [-0.1, -0.05) is 115 Å². The summed E-state index contributed by atoms with van der Waals surface area (Å²) in [6, 6.07) is 33.6. The van der Waals surface area contributed by atoms with Crippen LogP contribution in [-0.4, -0.2) is 9.97 Å². The number of furan rings is 1. The van der Waals surface area contributed by atoms with Crippen molar-refractivity contribution >= 4 is 53.9 Å². The van der Waals surface area contributed by atoms with Gasteiger partial charge in [-0.2, -0.15) is 0 Å². The maximum atomic E-state index is 9.04. The number of rotatable bonds is 4. The summed E-state index contributed by atoms with van der Waals surface area (Å²) in [7, 11) is 0. The van der Waals surface area contributed by atoms with E-state index in [-0.39, 0.29) is 34.9 Å². The van der Waals surface area contributed by atoms with Crippen LogP contribution in [0.1, 0.15) is 6.85 Å². The lowest BCUT2D eigenvalue weighted by Crippen LogP contribution is -1.93. The predicted octanol–water partition coefficient (Wildman–Crippen LogP) is 11.4. The Labute approximate surface area is 264 Å². The zero-order valence-electron chi connectivity index (χ0n) is 28.2. The zero-order valence-corrected chi connectivity index (χ0v) is 24.0. The van der Waals surface area contributed by atoms with Crippen molar-refractivity contribution in [2.45, 2.75) is 0 Å². The molecule has 0 radical (unpaired) electrons. The molecular formula is C40H24N2OS. The van der Waals surface area contributed by atoms with E-state index in [0.29, 0.717) is 16.3 Å². The Morgan fingerprint density at radius 2 is 1.14 bits per heavy atom. The topological polar surface area (TPSA) is 38.9 Å². The van der Waals surface area contributed by atoms with Crippen LogP contribution in [0.4, 0.5) is 0 Å². The van der Waals surface area contributed by atoms with E-state index in [4.69, 9.17) is 21.2 Å². The van der Waals surface area contributed by atoms with Crippen LogP contribution in [0.3, 0.4) is 0 Å². The van der Waals surface area contributed by atoms with Crippen molar-refractivity contribution in [1.82, 2.24) is 9.97 Å². The fourth-order valence-corrected chi connectivity index (χ4v) is 7.33. The minimum absolute atomic E-state index is 0.0406. The smallest absolute Gasteiger partial charge is 0.170 e. The minimum atomic E-state index is -0.399. The van der Waals surface area contributed by atoms with Gasteiger partial charge in [-0.05, 0) is 50.8 Å². The van der Waals surface area contributed by atoms with Gasteiger partial charge in [0.15, 0.2) is 5.82 Å². The van der Waals surface area contributed by atoms with Crippen LogP contribution < -0.4 is 0 Å². The van der Waals surface area contributed by atoms with Crippen molar-refractivity contribution in [1.29, 1.82) is 0 Å². The highest BCUT2D eigenvalue weighted by Crippen LogP contribution is 2.46. The van der Waals surface area contributed by atoms with Gasteiger partial charge in [0.1, 0.15) is 11.3 Å². The van der Waals surface area contributed by atoms with Crippen molar-refractivity contribution in [2.75, 3.05) is 0 Å². The van der Waals surface area contributed by atoms with E-state index in [0.717, 1.165) is 48.3 Å². The van der Waals surface area contributed by atoms with Gasteiger partial charge >= 0.3 is 0 Å². The van der Waals surface area contributed by atoms with Crippen LogP contribution in [-0.2, 0) is 0 Å². The van der Waals surface area contributed by atoms with Crippen molar-refractivity contribution in [3.05, 3.63) is 146 Å². The zero-order chi connectivity index (χ0) is 33.4. The second-order valence-corrected chi connectivity index (χ2v) is 11.6. The van der Waals surface area contributed by atoms with E-state index in [1.165, 1.54) is 16.9 Å². The molecule has 3 aromatic heterocycles. The molecule has 0 saturated carbocycles. The standard InChI is InChI=1S/C40H24N2OS/c1-2-12-25(13-3-1)36-28-15-5-7-17-30(28)37(31-18-8-6-16-29(31)36)27-23-41-40(42-24-27)39-38(32-19-9-11-21-35(32)44-39)34-22-26-14-4-10-20-33(26)43-34/h1-24H/i4D,10D,14D,20D,22D. The molecule has 0 aliphatic heterocycles. The van der Waals surface area contributed by atoms with Gasteiger partial charge in [0, 0.05) is 44.6 Å². The molecule has 0 amide bonds. The monoisotopic (exact) mass is 585 g/mol. The van der Waals surface area contributed by atoms with Gasteiger partial charge in [0.25, 0.3) is 0 Å². The molecule has 4 heteroatoms. The van der Waals surface area contributed by atoms with Crippen molar-refractivity contribution in [3.63, 3.8) is 0 Å². The molecule has 0 unspecified atom stereocenters. The molecule has 0 spiro atoms. The fraction of sp³-hybridized carbons (Fsp3) is 0. The second-order valence-electron chi connectivity index (χ2n) is 10.6. The van der Waals surface area contributed by atoms with E-state index in [1.807, 2.05) is 42.7 Å². The number of benzene rings is 6. The molecule has 0 saturated heterocycles. The fourth-order valence-electron chi connectivity index (χ4n) is 6.18. The number of aromatic nitrogens is 2. The average molecular weight is 586 g/mol. The van der Waals surface area contributed by atoms with Crippen LogP contribution in [0, 0.1) is 0 Å². The third kappa shape index (κ3) is 3.89. The number of hydrogen-bond donors (Lipinski definition) is 0. The highest BCUT2D eigenvalue weighted by atomic mass is 32.1. The van der Waals surface area contributed by atoms with Crippen LogP contribution in [0.25, 0.3) is 86.9 Å². The molecule has 0 bridgehead atoms. The Morgan fingerprint density at radius 3 is 1.82 bits per heavy atom. The molecule has 3 nitrogen and oxygen atoms in total. The van der Waals surface area contributed by atoms with Crippen LogP contribution >= 0.6 is 11.3 Å². The number of thiophene rings is 1. The van der Waals surface area contributed by atoms with Crippen LogP contribution in [0.5, 0.6) is 0 Å². The molecule has 9 aromatic rings. The summed E-state index contributed by atoms with van der Waals surface area (Å²) in [4.78, 5) is 10.5. The Kier molecular flexibility index (Phi) is 4.63. The highest BCUT2D eigenvalue weighted by Gasteiger charge is 2.22. The van der Waals surface area contributed by atoms with Gasteiger partial charge in [-0.3, -0.25) is 0 Å². The molecule has 44 heavy (non-hydrogen) atoms. The molecule has 0 fully saturated rings. The highest BCUT2D eigenvalue weighted by molar-refractivity contribution is 7.23. The SMILES string of the molecule is [2H]c1c([2H])c([2H])c2c([2H])c(-c3c(-c4ncc(-c5c6ccccc6c(-c6ccccc6)c6ccccc56)cn4)sc4ccccc34)oc2c1[2H]. The predicted molar refractivity (Wildman–Crippen MR) is 184 cm³/mol. The lowest BCUT2D eigenvalue weighted by Gasteiger charge is -2.17. The third-order valence-electron chi connectivity index (χ3n) is 8.06. The van der Waals surface area contributed by atoms with Gasteiger partial charge < -0.3 is 4.42 Å². The van der Waals surface area contributed by atoms with Gasteiger partial charge in [0.05, 0.1) is 11.7 Å². The van der Waals surface area contributed by atoms with Gasteiger partial charge in [0.2, 0.25) is 0 Å². The second kappa shape index (κ2) is 10.0. The lowest BCUT2D eigenvalue weighted by atomic mass is 9.86. The summed E-state index contributed by atoms with van der Waals surface area (Å²) in [6.07, 6.45) is 3.69. The first-order chi connectivity index (χ1) is 23.9. The number of para-hydroxylation sites is 1. The molecule has 0 aliphatic rings. The Balaban J connectivity index is 1.26. The molecule has 0 N–H and O–H groups in total. The Hall–Kier alpha value is -5.58. The average Bonchev–Trinajstić information content (AvgIpc) is 3.70. The molecule has 0 aliphatic carbocycles. The van der Waals surface area contributed by atoms with Gasteiger partial charge in [-0.25, -0.2) is 9.97 Å². The first-order valence-electron chi connectivity index (χ1n) is 16.8. The number of nitrogens with zero attached hydrogens (tertiary/aromatic N) is 2. The summed E-state index contributed by atoms with van der Waals surface area (Å²) in [6.45, 7) is 0. The molecule has 6 aromatic carbocycles. The minimum Gasteiger partial charge on any atom is -0.456 e. The molecule has 206 valence electrons. The number of fused-ring (bicyclic) bond motifs is 4. The quantitative estimate of drug-likeness (QED) is 0.193. The molecular weight excluding hydrogens is 557 g/mol. The largest absolute Gasteiger partial charge is 0.456 e. The normalized spacial score (nSPS) is 13.2.